The van der Waals surface area contributed by atoms with E-state index in [1.165, 1.54) is 0 Å². The monoisotopic (exact) mass is 157 g/mol. The highest BCUT2D eigenvalue weighted by molar-refractivity contribution is 5.16. The summed E-state index contributed by atoms with van der Waals surface area (Å²) in [6, 6.07) is 0. The molecule has 0 saturated carbocycles. The summed E-state index contributed by atoms with van der Waals surface area (Å²) in [7, 11) is 0. The summed E-state index contributed by atoms with van der Waals surface area (Å²) in [5, 5.41) is 19.1. The third-order valence-electron chi connectivity index (χ3n) is 1.29. The van der Waals surface area contributed by atoms with Crippen molar-refractivity contribution in [3.63, 3.8) is 0 Å². The van der Waals surface area contributed by atoms with Crippen LogP contribution in [0.5, 0.6) is 0 Å². The lowest BCUT2D eigenvalue weighted by atomic mass is 10.5. The van der Waals surface area contributed by atoms with Gasteiger partial charge in [0.1, 0.15) is 6.20 Å². The number of hydrogen-bond acceptors (Lipinski definition) is 4. The van der Waals surface area contributed by atoms with Crippen molar-refractivity contribution in [3.05, 3.63) is 22.1 Å². The minimum Gasteiger partial charge on any atom is -0.358 e. The summed E-state index contributed by atoms with van der Waals surface area (Å²) in [4.78, 5) is 13.1. The number of nitrogens with zero attached hydrogens (tertiary/aromatic N) is 3. The van der Waals surface area contributed by atoms with Crippen molar-refractivity contribution in [1.29, 1.82) is 0 Å². The summed E-state index contributed by atoms with van der Waals surface area (Å²) in [5.41, 5.74) is 0. The fourth-order valence-corrected chi connectivity index (χ4v) is 0.739. The van der Waals surface area contributed by atoms with Gasteiger partial charge < -0.3 is 15.3 Å². The molecule has 0 bridgehead atoms. The lowest BCUT2D eigenvalue weighted by Crippen LogP contribution is -2.01. The van der Waals surface area contributed by atoms with Gasteiger partial charge in [0.05, 0.1) is 0 Å². The molecular weight excluding hydrogens is 150 g/mol. The molecule has 1 N–H and O–H groups in total. The smallest absolute Gasteiger partial charge is 0.358 e. The molecule has 6 nitrogen and oxygen atoms in total. The molecule has 6 heteroatoms. The number of aryl methyl sites for hydroxylation is 1. The molecule has 0 atom stereocenters. The highest BCUT2D eigenvalue weighted by atomic mass is 16.6. The molecule has 1 heterocycles. The lowest BCUT2D eigenvalue weighted by Gasteiger charge is -1.91. The van der Waals surface area contributed by atoms with Crippen molar-refractivity contribution in [2.24, 2.45) is 0 Å². The summed E-state index contributed by atoms with van der Waals surface area (Å²) in [6.07, 6.45) is 1.49. The minimum absolute atomic E-state index is 0.289. The van der Waals surface area contributed by atoms with Crippen LogP contribution in [0.3, 0.4) is 0 Å². The molecule has 11 heavy (non-hydrogen) atoms. The first-order valence-corrected chi connectivity index (χ1v) is 3.07. The first-order valence-electron chi connectivity index (χ1n) is 3.07. The van der Waals surface area contributed by atoms with Crippen LogP contribution in [0.2, 0.25) is 0 Å². The predicted molar refractivity (Wildman–Crippen MR) is 35.4 cm³/mol. The number of nitro groups is 1. The fraction of sp³-hybridized carbons (Fsp3) is 0.400. The zero-order valence-electron chi connectivity index (χ0n) is 5.89. The molecule has 0 aliphatic rings. The number of aromatic nitrogens is 2. The van der Waals surface area contributed by atoms with E-state index in [4.69, 9.17) is 5.21 Å². The Balaban J connectivity index is 3.10. The maximum absolute atomic E-state index is 10.1. The minimum atomic E-state index is -0.688. The molecule has 0 saturated heterocycles. The molecular formula is C5H7N3O3. The number of imidazole rings is 1. The van der Waals surface area contributed by atoms with E-state index >= 15 is 0 Å². The van der Waals surface area contributed by atoms with Gasteiger partial charge in [0.2, 0.25) is 5.82 Å². The van der Waals surface area contributed by atoms with Gasteiger partial charge >= 0.3 is 5.82 Å². The molecule has 60 valence electrons. The largest absolute Gasteiger partial charge is 0.381 e. The van der Waals surface area contributed by atoms with E-state index in [-0.39, 0.29) is 5.82 Å². The molecule has 0 fully saturated rings. The average Bonchev–Trinajstić information content (AvgIpc) is 2.30. The SMILES string of the molecule is CCc1ncc([N+](=O)[O-])n1O. The Bertz CT molecular complexity index is 281. The molecule has 0 spiro atoms. The molecule has 0 unspecified atom stereocenters. The zero-order chi connectivity index (χ0) is 8.43. The Hall–Kier alpha value is -1.59. The molecule has 1 rings (SSSR count). The molecule has 1 aromatic rings. The average molecular weight is 157 g/mol. The lowest BCUT2D eigenvalue weighted by molar-refractivity contribution is -0.397. The third kappa shape index (κ3) is 1.14. The van der Waals surface area contributed by atoms with Crippen LogP contribution < -0.4 is 0 Å². The van der Waals surface area contributed by atoms with Gasteiger partial charge in [-0.15, -0.1) is 0 Å². The second-order valence-corrected chi connectivity index (χ2v) is 1.96. The van der Waals surface area contributed by atoms with Crippen LogP contribution in [-0.2, 0) is 6.42 Å². The first-order chi connectivity index (χ1) is 5.16. The van der Waals surface area contributed by atoms with Gasteiger partial charge in [0.25, 0.3) is 0 Å². The third-order valence-corrected chi connectivity index (χ3v) is 1.29. The van der Waals surface area contributed by atoms with Gasteiger partial charge in [0, 0.05) is 6.42 Å². The predicted octanol–water partition coefficient (Wildman–Crippen LogP) is 0.591. The van der Waals surface area contributed by atoms with Crippen molar-refractivity contribution in [1.82, 2.24) is 9.71 Å². The summed E-state index contributed by atoms with van der Waals surface area (Å²) in [6.45, 7) is 1.75. The topological polar surface area (TPSA) is 81.2 Å². The maximum Gasteiger partial charge on any atom is 0.381 e. The standard InChI is InChI=1S/C5H7N3O3/c1-2-4-6-3-5(7(4)9)8(10)11/h3,9H,2H2,1H3. The van der Waals surface area contributed by atoms with Crippen molar-refractivity contribution >= 4 is 5.82 Å². The fourth-order valence-electron chi connectivity index (χ4n) is 0.739. The van der Waals surface area contributed by atoms with Gasteiger partial charge in [-0.05, 0) is 9.65 Å². The van der Waals surface area contributed by atoms with Crippen LogP contribution >= 0.6 is 0 Å². The molecule has 0 aliphatic heterocycles. The first kappa shape index (κ1) is 7.52. The van der Waals surface area contributed by atoms with Crippen LogP contribution in [0.4, 0.5) is 5.82 Å². The van der Waals surface area contributed by atoms with E-state index in [0.29, 0.717) is 11.2 Å². The van der Waals surface area contributed by atoms with E-state index in [9.17, 15) is 10.1 Å². The highest BCUT2D eigenvalue weighted by Crippen LogP contribution is 2.10. The van der Waals surface area contributed by atoms with E-state index in [1.807, 2.05) is 0 Å². The van der Waals surface area contributed by atoms with E-state index in [2.05, 4.69) is 4.98 Å². The van der Waals surface area contributed by atoms with Gasteiger partial charge in [-0.25, -0.2) is 4.98 Å². The Morgan fingerprint density at radius 3 is 2.82 bits per heavy atom. The highest BCUT2D eigenvalue weighted by Gasteiger charge is 2.17. The maximum atomic E-state index is 10.1. The molecule has 1 aromatic heterocycles. The Morgan fingerprint density at radius 1 is 1.91 bits per heavy atom. The zero-order valence-corrected chi connectivity index (χ0v) is 5.89. The summed E-state index contributed by atoms with van der Waals surface area (Å²) in [5.74, 6) is -0.112. The molecule has 0 aromatic carbocycles. The van der Waals surface area contributed by atoms with Crippen LogP contribution in [-0.4, -0.2) is 19.8 Å². The van der Waals surface area contributed by atoms with Crippen molar-refractivity contribution in [2.75, 3.05) is 0 Å². The number of rotatable bonds is 2. The molecule has 0 radical (unpaired) electrons. The Labute approximate surface area is 62.2 Å². The van der Waals surface area contributed by atoms with Gasteiger partial charge in [-0.1, -0.05) is 6.92 Å². The van der Waals surface area contributed by atoms with E-state index in [1.54, 1.807) is 6.92 Å². The van der Waals surface area contributed by atoms with Crippen LogP contribution in [0.1, 0.15) is 12.7 Å². The molecule has 0 amide bonds. The van der Waals surface area contributed by atoms with E-state index in [0.717, 1.165) is 6.20 Å². The second kappa shape index (κ2) is 2.57. The number of hydrogen-bond donors (Lipinski definition) is 1. The van der Waals surface area contributed by atoms with Crippen LogP contribution in [0, 0.1) is 10.1 Å². The van der Waals surface area contributed by atoms with Gasteiger partial charge in [0.15, 0.2) is 0 Å². The van der Waals surface area contributed by atoms with Crippen molar-refractivity contribution in [2.45, 2.75) is 13.3 Å². The van der Waals surface area contributed by atoms with Crippen molar-refractivity contribution in [3.8, 4) is 0 Å². The van der Waals surface area contributed by atoms with Crippen LogP contribution in [0.15, 0.2) is 6.20 Å². The summed E-state index contributed by atoms with van der Waals surface area (Å²) < 4.78 is 0.486. The van der Waals surface area contributed by atoms with Crippen LogP contribution in [0.25, 0.3) is 0 Å². The van der Waals surface area contributed by atoms with E-state index < -0.39 is 10.7 Å². The Kier molecular flexibility index (Phi) is 1.75. The normalized spacial score (nSPS) is 9.91. The molecule has 0 aliphatic carbocycles. The summed E-state index contributed by atoms with van der Waals surface area (Å²) >= 11 is 0. The van der Waals surface area contributed by atoms with Gasteiger partial charge in [-0.3, -0.25) is 0 Å². The quantitative estimate of drug-likeness (QED) is 0.387. The van der Waals surface area contributed by atoms with Crippen molar-refractivity contribution < 1.29 is 10.1 Å². The van der Waals surface area contributed by atoms with Gasteiger partial charge in [-0.2, -0.15) is 0 Å². The Morgan fingerprint density at radius 2 is 2.55 bits per heavy atom. The second-order valence-electron chi connectivity index (χ2n) is 1.96.